The van der Waals surface area contributed by atoms with Gasteiger partial charge in [0.1, 0.15) is 6.79 Å². The molecule has 0 bridgehead atoms. The minimum Gasteiger partial charge on any atom is -0.359 e. The molecule has 2 atom stereocenters. The van der Waals surface area contributed by atoms with Crippen molar-refractivity contribution < 1.29 is 9.47 Å². The first-order chi connectivity index (χ1) is 7.40. The highest BCUT2D eigenvalue weighted by Crippen LogP contribution is 2.16. The Morgan fingerprint density at radius 1 is 1.20 bits per heavy atom. The molecule has 15 heavy (non-hydrogen) atoms. The first kappa shape index (κ1) is 10.6. The Hall–Kier alpha value is -0.900. The van der Waals surface area contributed by atoms with E-state index in [4.69, 9.17) is 9.47 Å². The predicted octanol–water partition coefficient (Wildman–Crippen LogP) is 1.19. The van der Waals surface area contributed by atoms with E-state index in [-0.39, 0.29) is 0 Å². The van der Waals surface area contributed by atoms with Gasteiger partial charge in [-0.25, -0.2) is 0 Å². The van der Waals surface area contributed by atoms with E-state index < -0.39 is 0 Å². The molecule has 82 valence electrons. The Morgan fingerprint density at radius 2 is 2.00 bits per heavy atom. The third-order valence-electron chi connectivity index (χ3n) is 2.60. The Labute approximate surface area is 90.4 Å². The van der Waals surface area contributed by atoms with Crippen LogP contribution < -0.4 is 5.32 Å². The highest BCUT2D eigenvalue weighted by Gasteiger charge is 2.35. The van der Waals surface area contributed by atoms with Crippen molar-refractivity contribution in [2.24, 2.45) is 0 Å². The quantitative estimate of drug-likeness (QED) is 0.433. The van der Waals surface area contributed by atoms with E-state index in [1.807, 2.05) is 6.07 Å². The number of ether oxygens (including phenoxy) is 2. The number of nitrogens with one attached hydrogen (secondary N) is 1. The fourth-order valence-corrected chi connectivity index (χ4v) is 1.71. The molecule has 1 heterocycles. The molecule has 0 aromatic heterocycles. The lowest BCUT2D eigenvalue weighted by Crippen LogP contribution is -2.08. The second-order valence-corrected chi connectivity index (χ2v) is 3.85. The smallest absolute Gasteiger partial charge is 0.146 e. The van der Waals surface area contributed by atoms with Crippen LogP contribution >= 0.6 is 0 Å². The van der Waals surface area contributed by atoms with Crippen LogP contribution in [0.15, 0.2) is 30.3 Å². The molecule has 1 fully saturated rings. The summed E-state index contributed by atoms with van der Waals surface area (Å²) in [4.78, 5) is 0. The van der Waals surface area contributed by atoms with E-state index >= 15 is 0 Å². The maximum Gasteiger partial charge on any atom is 0.146 e. The van der Waals surface area contributed by atoms with Gasteiger partial charge in [-0.3, -0.25) is 0 Å². The lowest BCUT2D eigenvalue weighted by atomic mass is 10.1. The maximum atomic E-state index is 5.29. The summed E-state index contributed by atoms with van der Waals surface area (Å²) >= 11 is 0. The standard InChI is InChI=1S/C12H17NO2/c1-14-9-15-8-12-11(13-12)7-10-5-3-2-4-6-10/h2-6,11-13H,7-9H2,1H3/t11-,12-/m0/s1. The number of hydrogen-bond donors (Lipinski definition) is 1. The third-order valence-corrected chi connectivity index (χ3v) is 2.60. The van der Waals surface area contributed by atoms with Crippen LogP contribution in [0, 0.1) is 0 Å². The summed E-state index contributed by atoms with van der Waals surface area (Å²) in [5.41, 5.74) is 1.38. The highest BCUT2D eigenvalue weighted by atomic mass is 16.7. The zero-order valence-electron chi connectivity index (χ0n) is 8.98. The molecule has 3 nitrogen and oxygen atoms in total. The lowest BCUT2D eigenvalue weighted by Gasteiger charge is -2.00. The number of hydrogen-bond acceptors (Lipinski definition) is 3. The van der Waals surface area contributed by atoms with Crippen molar-refractivity contribution in [2.75, 3.05) is 20.5 Å². The van der Waals surface area contributed by atoms with Gasteiger partial charge in [-0.2, -0.15) is 0 Å². The van der Waals surface area contributed by atoms with Gasteiger partial charge in [0.15, 0.2) is 0 Å². The third kappa shape index (κ3) is 3.30. The Kier molecular flexibility index (Phi) is 3.72. The maximum absolute atomic E-state index is 5.29. The molecule has 0 unspecified atom stereocenters. The summed E-state index contributed by atoms with van der Waals surface area (Å²) in [6.45, 7) is 1.13. The van der Waals surface area contributed by atoms with Crippen molar-refractivity contribution >= 4 is 0 Å². The van der Waals surface area contributed by atoms with E-state index in [0.29, 0.717) is 18.9 Å². The van der Waals surface area contributed by atoms with Gasteiger partial charge in [0.05, 0.1) is 6.61 Å². The molecule has 1 N–H and O–H groups in total. The first-order valence-electron chi connectivity index (χ1n) is 5.27. The molecule has 2 rings (SSSR count). The number of benzene rings is 1. The molecule has 0 radical (unpaired) electrons. The SMILES string of the molecule is COCOC[C@@H]1N[C@H]1Cc1ccccc1. The second kappa shape index (κ2) is 5.26. The van der Waals surface area contributed by atoms with Crippen molar-refractivity contribution in [1.29, 1.82) is 0 Å². The molecule has 1 aromatic carbocycles. The van der Waals surface area contributed by atoms with Gasteiger partial charge in [-0.1, -0.05) is 30.3 Å². The van der Waals surface area contributed by atoms with Crippen LogP contribution in [-0.4, -0.2) is 32.6 Å². The average Bonchev–Trinajstić information content (AvgIpc) is 2.99. The molecule has 0 amide bonds. The van der Waals surface area contributed by atoms with E-state index in [1.54, 1.807) is 7.11 Å². The summed E-state index contributed by atoms with van der Waals surface area (Å²) in [6, 6.07) is 11.6. The van der Waals surface area contributed by atoms with E-state index in [0.717, 1.165) is 13.0 Å². The molecule has 1 saturated heterocycles. The van der Waals surface area contributed by atoms with Gasteiger partial charge in [-0.05, 0) is 12.0 Å². The Balaban J connectivity index is 1.67. The lowest BCUT2D eigenvalue weighted by molar-refractivity contribution is -0.0299. The van der Waals surface area contributed by atoms with Crippen molar-refractivity contribution in [3.8, 4) is 0 Å². The normalized spacial score (nSPS) is 24.1. The van der Waals surface area contributed by atoms with Crippen LogP contribution in [0.5, 0.6) is 0 Å². The number of methoxy groups -OCH3 is 1. The summed E-state index contributed by atoms with van der Waals surface area (Å²) < 4.78 is 10.1. The molecular weight excluding hydrogens is 190 g/mol. The number of rotatable bonds is 6. The van der Waals surface area contributed by atoms with Crippen molar-refractivity contribution in [1.82, 2.24) is 5.32 Å². The molecule has 0 spiro atoms. The minimum absolute atomic E-state index is 0.385. The molecule has 1 aliphatic heterocycles. The summed E-state index contributed by atoms with van der Waals surface area (Å²) in [5, 5.41) is 3.40. The van der Waals surface area contributed by atoms with Crippen molar-refractivity contribution in [3.63, 3.8) is 0 Å². The van der Waals surface area contributed by atoms with Gasteiger partial charge in [0.2, 0.25) is 0 Å². The van der Waals surface area contributed by atoms with E-state index in [9.17, 15) is 0 Å². The minimum atomic E-state index is 0.385. The van der Waals surface area contributed by atoms with E-state index in [2.05, 4.69) is 29.6 Å². The highest BCUT2D eigenvalue weighted by molar-refractivity contribution is 5.19. The van der Waals surface area contributed by atoms with Crippen LogP contribution in [0.4, 0.5) is 0 Å². The summed E-state index contributed by atoms with van der Waals surface area (Å²) in [6.07, 6.45) is 1.09. The Bertz CT molecular complexity index is 289. The van der Waals surface area contributed by atoms with Crippen LogP contribution in [-0.2, 0) is 15.9 Å². The van der Waals surface area contributed by atoms with Gasteiger partial charge in [-0.15, -0.1) is 0 Å². The van der Waals surface area contributed by atoms with Gasteiger partial charge in [0, 0.05) is 19.2 Å². The van der Waals surface area contributed by atoms with Crippen LogP contribution in [0.25, 0.3) is 0 Å². The summed E-state index contributed by atoms with van der Waals surface area (Å²) in [5.74, 6) is 0. The molecule has 0 saturated carbocycles. The van der Waals surface area contributed by atoms with Gasteiger partial charge in [0.25, 0.3) is 0 Å². The van der Waals surface area contributed by atoms with Crippen molar-refractivity contribution in [3.05, 3.63) is 35.9 Å². The molecule has 1 aromatic rings. The largest absolute Gasteiger partial charge is 0.359 e. The fraction of sp³-hybridized carbons (Fsp3) is 0.500. The second-order valence-electron chi connectivity index (χ2n) is 3.85. The molecule has 3 heteroatoms. The molecule has 0 aliphatic carbocycles. The summed E-state index contributed by atoms with van der Waals surface area (Å²) in [7, 11) is 1.64. The van der Waals surface area contributed by atoms with E-state index in [1.165, 1.54) is 5.56 Å². The molecular formula is C12H17NO2. The zero-order chi connectivity index (χ0) is 10.5. The van der Waals surface area contributed by atoms with Crippen molar-refractivity contribution in [2.45, 2.75) is 18.5 Å². The fourth-order valence-electron chi connectivity index (χ4n) is 1.71. The Morgan fingerprint density at radius 3 is 2.73 bits per heavy atom. The zero-order valence-corrected chi connectivity index (χ0v) is 8.98. The topological polar surface area (TPSA) is 40.4 Å². The van der Waals surface area contributed by atoms with Crippen LogP contribution in [0.1, 0.15) is 5.56 Å². The van der Waals surface area contributed by atoms with Crippen LogP contribution in [0.2, 0.25) is 0 Å². The monoisotopic (exact) mass is 207 g/mol. The predicted molar refractivity (Wildman–Crippen MR) is 58.7 cm³/mol. The van der Waals surface area contributed by atoms with Crippen LogP contribution in [0.3, 0.4) is 0 Å². The van der Waals surface area contributed by atoms with Gasteiger partial charge >= 0.3 is 0 Å². The van der Waals surface area contributed by atoms with Gasteiger partial charge < -0.3 is 14.8 Å². The first-order valence-corrected chi connectivity index (χ1v) is 5.27. The average molecular weight is 207 g/mol. The molecule has 1 aliphatic rings.